The number of para-hydroxylation sites is 1. The first kappa shape index (κ1) is 28.0. The second-order valence-electron chi connectivity index (χ2n) is 9.03. The molecular formula is C30H25Cl2IN2O3S. The van der Waals surface area contributed by atoms with Crippen molar-refractivity contribution in [2.45, 2.75) is 32.3 Å². The van der Waals surface area contributed by atoms with E-state index in [1.807, 2.05) is 48.5 Å². The maximum Gasteiger partial charge on any atom is 0.259 e. The third kappa shape index (κ3) is 6.60. The van der Waals surface area contributed by atoms with Crippen molar-refractivity contribution in [1.29, 1.82) is 0 Å². The molecule has 0 atom stereocenters. The van der Waals surface area contributed by atoms with Crippen LogP contribution in [0.25, 0.3) is 0 Å². The lowest BCUT2D eigenvalue weighted by atomic mass is 9.95. The van der Waals surface area contributed by atoms with E-state index in [1.54, 1.807) is 36.8 Å². The van der Waals surface area contributed by atoms with Gasteiger partial charge in [-0.05, 0) is 95.8 Å². The number of hydrogen-bond acceptors (Lipinski definition) is 5. The number of fused-ring (bicyclic) bond motifs is 1. The Bertz CT molecular complexity index is 1540. The quantitative estimate of drug-likeness (QED) is 0.148. The number of ether oxygens (including phenoxy) is 2. The maximum absolute atomic E-state index is 13.5. The highest BCUT2D eigenvalue weighted by Gasteiger charge is 2.25. The van der Waals surface area contributed by atoms with Gasteiger partial charge in [0.2, 0.25) is 0 Å². The Kier molecular flexibility index (Phi) is 9.12. The average Bonchev–Trinajstić information content (AvgIpc) is 3.32. The number of amides is 1. The Morgan fingerprint density at radius 2 is 1.87 bits per heavy atom. The van der Waals surface area contributed by atoms with Crippen LogP contribution in [0, 0.1) is 3.57 Å². The van der Waals surface area contributed by atoms with Gasteiger partial charge in [0, 0.05) is 25.9 Å². The standard InChI is InChI=1S/C30H25Cl2IN2O3S/c1-37-25-15-20(33)14-19(28(25)38-17-18-11-12-23(31)24(32)13-18)16-34-30-27(22-9-5-6-10-26(22)39-30)29(36)35-21-7-3-2-4-8-21/h2-4,7-8,11-16H,5-6,9-10,17H2,1H3,(H,35,36). The van der Waals surface area contributed by atoms with E-state index in [0.29, 0.717) is 32.1 Å². The van der Waals surface area contributed by atoms with Gasteiger partial charge in [-0.15, -0.1) is 11.3 Å². The summed E-state index contributed by atoms with van der Waals surface area (Å²) in [5.74, 6) is 1.02. The van der Waals surface area contributed by atoms with E-state index in [-0.39, 0.29) is 12.5 Å². The Balaban J connectivity index is 1.48. The van der Waals surface area contributed by atoms with Crippen molar-refractivity contribution in [1.82, 2.24) is 0 Å². The van der Waals surface area contributed by atoms with E-state index in [4.69, 9.17) is 37.7 Å². The van der Waals surface area contributed by atoms with Crippen molar-refractivity contribution in [3.8, 4) is 11.5 Å². The molecule has 1 aliphatic rings. The molecule has 0 saturated carbocycles. The van der Waals surface area contributed by atoms with Gasteiger partial charge in [-0.3, -0.25) is 4.79 Å². The molecule has 1 heterocycles. The molecule has 1 N–H and O–H groups in total. The fourth-order valence-corrected chi connectivity index (χ4v) is 6.67. The largest absolute Gasteiger partial charge is 0.493 e. The van der Waals surface area contributed by atoms with Crippen LogP contribution in [0.3, 0.4) is 0 Å². The number of nitrogens with zero attached hydrogens (tertiary/aromatic N) is 1. The molecule has 3 aromatic carbocycles. The fraction of sp³-hybridized carbons (Fsp3) is 0.200. The number of benzene rings is 3. The number of anilines is 1. The number of nitrogens with one attached hydrogen (secondary N) is 1. The first-order chi connectivity index (χ1) is 18.9. The van der Waals surface area contributed by atoms with Crippen LogP contribution >= 0.6 is 57.1 Å². The Hall–Kier alpha value is -2.59. The fourth-order valence-electron chi connectivity index (χ4n) is 4.50. The van der Waals surface area contributed by atoms with Crippen LogP contribution in [0.15, 0.2) is 65.7 Å². The minimum Gasteiger partial charge on any atom is -0.493 e. The molecule has 0 bridgehead atoms. The van der Waals surface area contributed by atoms with Crippen LogP contribution in [-0.4, -0.2) is 19.2 Å². The van der Waals surface area contributed by atoms with Crippen molar-refractivity contribution >= 4 is 79.9 Å². The van der Waals surface area contributed by atoms with Crippen molar-refractivity contribution in [2.75, 3.05) is 12.4 Å². The lowest BCUT2D eigenvalue weighted by Crippen LogP contribution is -2.14. The first-order valence-corrected chi connectivity index (χ1v) is 15.1. The molecule has 9 heteroatoms. The van der Waals surface area contributed by atoms with Crippen molar-refractivity contribution < 1.29 is 14.3 Å². The topological polar surface area (TPSA) is 59.9 Å². The van der Waals surface area contributed by atoms with Gasteiger partial charge in [0.05, 0.1) is 22.7 Å². The summed E-state index contributed by atoms with van der Waals surface area (Å²) in [4.78, 5) is 19.6. The molecule has 39 heavy (non-hydrogen) atoms. The van der Waals surface area contributed by atoms with Gasteiger partial charge < -0.3 is 14.8 Å². The average molecular weight is 691 g/mol. The third-order valence-corrected chi connectivity index (χ3v) is 8.93. The second-order valence-corrected chi connectivity index (χ2v) is 12.2. The number of thiophene rings is 1. The number of methoxy groups -OCH3 is 1. The predicted molar refractivity (Wildman–Crippen MR) is 169 cm³/mol. The summed E-state index contributed by atoms with van der Waals surface area (Å²) < 4.78 is 12.8. The zero-order valence-corrected chi connectivity index (χ0v) is 25.6. The van der Waals surface area contributed by atoms with E-state index in [0.717, 1.165) is 51.6 Å². The highest BCUT2D eigenvalue weighted by molar-refractivity contribution is 14.1. The molecule has 0 saturated heterocycles. The van der Waals surface area contributed by atoms with Gasteiger partial charge in [0.1, 0.15) is 11.6 Å². The van der Waals surface area contributed by atoms with Gasteiger partial charge in [0.25, 0.3) is 5.91 Å². The SMILES string of the molecule is COc1cc(I)cc(C=Nc2sc3c(c2C(=O)Nc2ccccc2)CCCC3)c1OCc1ccc(Cl)c(Cl)c1. The van der Waals surface area contributed by atoms with E-state index >= 15 is 0 Å². The van der Waals surface area contributed by atoms with Crippen molar-refractivity contribution in [3.05, 3.63) is 101 Å². The van der Waals surface area contributed by atoms with Crippen LogP contribution in [0.2, 0.25) is 10.0 Å². The van der Waals surface area contributed by atoms with Gasteiger partial charge in [-0.2, -0.15) is 0 Å². The lowest BCUT2D eigenvalue weighted by Gasteiger charge is -2.14. The highest BCUT2D eigenvalue weighted by Crippen LogP contribution is 2.41. The molecule has 4 aromatic rings. The molecule has 200 valence electrons. The van der Waals surface area contributed by atoms with Crippen molar-refractivity contribution in [2.24, 2.45) is 4.99 Å². The number of carbonyl (C=O) groups excluding carboxylic acids is 1. The van der Waals surface area contributed by atoms with E-state index < -0.39 is 0 Å². The number of aliphatic imine (C=N–C) groups is 1. The molecule has 1 aromatic heterocycles. The van der Waals surface area contributed by atoms with Crippen LogP contribution in [0.5, 0.6) is 11.5 Å². The molecule has 1 amide bonds. The molecular weight excluding hydrogens is 666 g/mol. The molecule has 0 unspecified atom stereocenters. The smallest absolute Gasteiger partial charge is 0.259 e. The van der Waals surface area contributed by atoms with Gasteiger partial charge in [-0.1, -0.05) is 47.5 Å². The summed E-state index contributed by atoms with van der Waals surface area (Å²) in [5.41, 5.74) is 4.15. The third-order valence-electron chi connectivity index (χ3n) is 6.37. The number of hydrogen-bond donors (Lipinski definition) is 1. The Labute approximate surface area is 255 Å². The molecule has 0 spiro atoms. The number of halogens is 3. The summed E-state index contributed by atoms with van der Waals surface area (Å²) in [7, 11) is 1.61. The van der Waals surface area contributed by atoms with Gasteiger partial charge >= 0.3 is 0 Å². The minimum atomic E-state index is -0.135. The summed E-state index contributed by atoms with van der Waals surface area (Å²) in [6.45, 7) is 0.271. The molecule has 0 aliphatic heterocycles. The minimum absolute atomic E-state index is 0.135. The molecule has 5 nitrogen and oxygen atoms in total. The van der Waals surface area contributed by atoms with Crippen molar-refractivity contribution in [3.63, 3.8) is 0 Å². The van der Waals surface area contributed by atoms with Crippen LogP contribution in [-0.2, 0) is 19.4 Å². The second kappa shape index (κ2) is 12.7. The number of carbonyl (C=O) groups is 1. The molecule has 5 rings (SSSR count). The normalized spacial score (nSPS) is 12.8. The number of rotatable bonds is 8. The van der Waals surface area contributed by atoms with E-state index in [9.17, 15) is 4.79 Å². The maximum atomic E-state index is 13.5. The van der Waals surface area contributed by atoms with Crippen LogP contribution < -0.4 is 14.8 Å². The Morgan fingerprint density at radius 1 is 1.08 bits per heavy atom. The van der Waals surface area contributed by atoms with Gasteiger partial charge in [0.15, 0.2) is 11.5 Å². The lowest BCUT2D eigenvalue weighted by molar-refractivity contribution is 0.102. The molecule has 0 fully saturated rings. The molecule has 1 aliphatic carbocycles. The predicted octanol–water partition coefficient (Wildman–Crippen LogP) is 9.13. The number of aryl methyl sites for hydroxylation is 1. The van der Waals surface area contributed by atoms with Crippen LogP contribution in [0.1, 0.15) is 44.8 Å². The summed E-state index contributed by atoms with van der Waals surface area (Å²) in [5, 5.41) is 4.71. The first-order valence-electron chi connectivity index (χ1n) is 12.4. The molecule has 0 radical (unpaired) electrons. The summed E-state index contributed by atoms with van der Waals surface area (Å²) in [6, 6.07) is 18.8. The zero-order valence-electron chi connectivity index (χ0n) is 21.1. The summed E-state index contributed by atoms with van der Waals surface area (Å²) >= 11 is 16.1. The van der Waals surface area contributed by atoms with Crippen LogP contribution in [0.4, 0.5) is 10.7 Å². The van der Waals surface area contributed by atoms with Gasteiger partial charge in [-0.25, -0.2) is 4.99 Å². The summed E-state index contributed by atoms with van der Waals surface area (Å²) in [6.07, 6.45) is 5.80. The van der Waals surface area contributed by atoms with E-state index in [2.05, 4.69) is 27.9 Å². The van der Waals surface area contributed by atoms with E-state index in [1.165, 1.54) is 4.88 Å². The zero-order chi connectivity index (χ0) is 27.4. The monoisotopic (exact) mass is 690 g/mol. The highest BCUT2D eigenvalue weighted by atomic mass is 127. The Morgan fingerprint density at radius 3 is 2.64 bits per heavy atom.